The van der Waals surface area contributed by atoms with Gasteiger partial charge in [-0.1, -0.05) is 70.4 Å². The molecule has 0 fully saturated rings. The summed E-state index contributed by atoms with van der Waals surface area (Å²) >= 11 is 0. The summed E-state index contributed by atoms with van der Waals surface area (Å²) in [5, 5.41) is 9.36. The Morgan fingerprint density at radius 1 is 0.871 bits per heavy atom. The van der Waals surface area contributed by atoms with Crippen molar-refractivity contribution < 1.29 is 92.6 Å². The summed E-state index contributed by atoms with van der Waals surface area (Å²) in [6.07, 6.45) is 18.8. The maximum absolute atomic E-state index is 11.5. The van der Waals surface area contributed by atoms with Crippen LogP contribution in [-0.4, -0.2) is 30.4 Å². The van der Waals surface area contributed by atoms with Crippen LogP contribution in [0.3, 0.4) is 0 Å². The zero-order chi connectivity index (χ0) is 21.8. The van der Waals surface area contributed by atoms with Gasteiger partial charge in [-0.15, -0.1) is 0 Å². The molecule has 0 aliphatic heterocycles. The second kappa shape index (κ2) is 25.9. The number of aliphatic hydroxyl groups excluding tert-OH is 1. The van der Waals surface area contributed by atoms with E-state index < -0.39 is 26.5 Å². The third-order valence-electron chi connectivity index (χ3n) is 4.50. The number of hydrogen-bond acceptors (Lipinski definition) is 7. The van der Waals surface area contributed by atoms with E-state index in [2.05, 4.69) is 23.6 Å². The number of rotatable bonds is 20. The first-order valence-electron chi connectivity index (χ1n) is 11.0. The van der Waals surface area contributed by atoms with Crippen molar-refractivity contribution in [1.82, 2.24) is 0 Å². The van der Waals surface area contributed by atoms with Gasteiger partial charge < -0.3 is 28.7 Å². The molecule has 0 aromatic rings. The molecule has 0 rings (SSSR count). The SMILES string of the molecule is CCCCCCCC/C=C/CCCCCCCC(=O)OCC(O)COP(=O)([O-])[O-].[Na+].[Na+]. The minimum absolute atomic E-state index is 0. The molecular weight excluding hydrogens is 441 g/mol. The normalized spacial score (nSPS) is 12.3. The summed E-state index contributed by atoms with van der Waals surface area (Å²) in [6, 6.07) is 0. The van der Waals surface area contributed by atoms with Crippen LogP contribution in [0.4, 0.5) is 0 Å². The Labute approximate surface area is 232 Å². The van der Waals surface area contributed by atoms with Crippen molar-refractivity contribution in [3.8, 4) is 0 Å². The molecule has 0 saturated carbocycles. The van der Waals surface area contributed by atoms with Crippen LogP contribution in [0.5, 0.6) is 0 Å². The number of esters is 1. The van der Waals surface area contributed by atoms with Crippen molar-refractivity contribution in [2.45, 2.75) is 103 Å². The summed E-state index contributed by atoms with van der Waals surface area (Å²) in [5.41, 5.74) is 0. The molecule has 0 heterocycles. The van der Waals surface area contributed by atoms with Crippen molar-refractivity contribution in [3.05, 3.63) is 12.2 Å². The van der Waals surface area contributed by atoms with E-state index in [4.69, 9.17) is 4.74 Å². The van der Waals surface area contributed by atoms with Gasteiger partial charge >= 0.3 is 65.1 Å². The van der Waals surface area contributed by atoms with E-state index >= 15 is 0 Å². The number of aliphatic hydroxyl groups is 1. The number of allylic oxidation sites excluding steroid dienone is 2. The number of carbonyl (C=O) groups excluding carboxylic acids is 1. The number of ether oxygens (including phenoxy) is 1. The maximum Gasteiger partial charge on any atom is 1.00 e. The predicted octanol–water partition coefficient (Wildman–Crippen LogP) is -2.22. The first-order chi connectivity index (χ1) is 13.8. The first kappa shape index (κ1) is 36.8. The molecule has 0 spiro atoms. The quantitative estimate of drug-likeness (QED) is 0.0690. The molecule has 0 amide bonds. The Morgan fingerprint density at radius 3 is 1.87 bits per heavy atom. The molecule has 172 valence electrons. The monoisotopic (exact) mass is 480 g/mol. The fraction of sp³-hybridized carbons (Fsp3) is 0.857. The van der Waals surface area contributed by atoms with E-state index in [9.17, 15) is 24.3 Å². The first-order valence-corrected chi connectivity index (χ1v) is 12.5. The minimum Gasteiger partial charge on any atom is -0.790 e. The van der Waals surface area contributed by atoms with Crippen LogP contribution in [0, 0.1) is 0 Å². The molecule has 0 radical (unpaired) electrons. The van der Waals surface area contributed by atoms with Crippen molar-refractivity contribution in [2.24, 2.45) is 0 Å². The second-order valence-corrected chi connectivity index (χ2v) is 8.57. The number of hydrogen-bond donors (Lipinski definition) is 1. The molecule has 0 aromatic heterocycles. The van der Waals surface area contributed by atoms with Gasteiger partial charge in [-0.05, 0) is 32.1 Å². The third-order valence-corrected chi connectivity index (χ3v) is 4.97. The van der Waals surface area contributed by atoms with Crippen LogP contribution >= 0.6 is 7.82 Å². The standard InChI is InChI=1S/C21H41O7P.2Na/c1-2-3-4-5-6-7-8-9-10-11-12-13-14-15-16-17-21(23)27-18-20(22)19-28-29(24,25)26;;/h9-10,20,22H,2-8,11-19H2,1H3,(H2,24,25,26);;/q;2*+1/p-2/b10-9+;;. The molecule has 10 heteroatoms. The molecule has 0 bridgehead atoms. The van der Waals surface area contributed by atoms with Gasteiger partial charge in [0.15, 0.2) is 0 Å². The number of phosphoric acid groups is 1. The Kier molecular flexibility index (Phi) is 30.8. The van der Waals surface area contributed by atoms with Crippen LogP contribution in [0.2, 0.25) is 0 Å². The summed E-state index contributed by atoms with van der Waals surface area (Å²) in [5.74, 6) is -0.450. The second-order valence-electron chi connectivity index (χ2n) is 7.41. The van der Waals surface area contributed by atoms with Gasteiger partial charge in [0.05, 0.1) is 14.4 Å². The van der Waals surface area contributed by atoms with E-state index in [1.165, 1.54) is 44.9 Å². The van der Waals surface area contributed by atoms with Gasteiger partial charge in [0.25, 0.3) is 0 Å². The summed E-state index contributed by atoms with van der Waals surface area (Å²) in [7, 11) is -5.12. The van der Waals surface area contributed by atoms with Crippen molar-refractivity contribution in [1.29, 1.82) is 0 Å². The van der Waals surface area contributed by atoms with Crippen molar-refractivity contribution >= 4 is 13.8 Å². The van der Waals surface area contributed by atoms with Crippen molar-refractivity contribution in [3.63, 3.8) is 0 Å². The molecule has 1 unspecified atom stereocenters. The van der Waals surface area contributed by atoms with Crippen LogP contribution in [0.15, 0.2) is 12.2 Å². The fourth-order valence-corrected chi connectivity index (χ4v) is 3.18. The van der Waals surface area contributed by atoms with E-state index in [1.54, 1.807) is 0 Å². The summed E-state index contributed by atoms with van der Waals surface area (Å²) in [4.78, 5) is 32.1. The molecule has 7 nitrogen and oxygen atoms in total. The summed E-state index contributed by atoms with van der Waals surface area (Å²) < 4.78 is 19.0. The molecule has 0 saturated heterocycles. The molecule has 0 aliphatic rings. The average Bonchev–Trinajstić information content (AvgIpc) is 2.67. The zero-order valence-corrected chi connectivity index (χ0v) is 24.8. The Morgan fingerprint density at radius 2 is 1.35 bits per heavy atom. The van der Waals surface area contributed by atoms with Gasteiger partial charge in [-0.25, -0.2) is 0 Å². The largest absolute Gasteiger partial charge is 1.00 e. The van der Waals surface area contributed by atoms with E-state index in [0.717, 1.165) is 38.5 Å². The molecule has 1 atom stereocenters. The van der Waals surface area contributed by atoms with Crippen LogP contribution in [0.25, 0.3) is 0 Å². The smallest absolute Gasteiger partial charge is 0.790 e. The Hall–Kier alpha value is 1.28. The molecule has 0 aliphatic carbocycles. The third kappa shape index (κ3) is 31.3. The van der Waals surface area contributed by atoms with Crippen LogP contribution in [0.1, 0.15) is 96.8 Å². The van der Waals surface area contributed by atoms with Gasteiger partial charge in [-0.3, -0.25) is 4.79 Å². The Balaban J connectivity index is -0.00000392. The van der Waals surface area contributed by atoms with E-state index in [0.29, 0.717) is 0 Å². The van der Waals surface area contributed by atoms with Gasteiger partial charge in [-0.2, -0.15) is 0 Å². The number of phosphoric ester groups is 1. The molecule has 1 N–H and O–H groups in total. The van der Waals surface area contributed by atoms with E-state index in [1.807, 2.05) is 0 Å². The van der Waals surface area contributed by atoms with Gasteiger partial charge in [0.1, 0.15) is 12.7 Å². The number of carbonyl (C=O) groups is 1. The fourth-order valence-electron chi connectivity index (χ4n) is 2.83. The maximum atomic E-state index is 11.5. The minimum atomic E-state index is -5.12. The molecular formula is C21H39Na2O7P. The average molecular weight is 480 g/mol. The topological polar surface area (TPSA) is 119 Å². The van der Waals surface area contributed by atoms with E-state index in [-0.39, 0.29) is 72.1 Å². The zero-order valence-electron chi connectivity index (χ0n) is 19.9. The molecule has 31 heavy (non-hydrogen) atoms. The van der Waals surface area contributed by atoms with Crippen LogP contribution < -0.4 is 68.9 Å². The van der Waals surface area contributed by atoms with Gasteiger partial charge in [0.2, 0.25) is 0 Å². The van der Waals surface area contributed by atoms with Crippen LogP contribution in [-0.2, 0) is 18.6 Å². The summed E-state index contributed by atoms with van der Waals surface area (Å²) in [6.45, 7) is 1.15. The molecule has 0 aromatic carbocycles. The van der Waals surface area contributed by atoms with Crippen molar-refractivity contribution in [2.75, 3.05) is 13.2 Å². The number of unbranched alkanes of at least 4 members (excludes halogenated alkanes) is 11. The van der Waals surface area contributed by atoms with Gasteiger partial charge in [0, 0.05) is 6.42 Å². The predicted molar refractivity (Wildman–Crippen MR) is 110 cm³/mol. The Bertz CT molecular complexity index is 473.